The fraction of sp³-hybridized carbons (Fsp3) is 0.385. The number of Topliss-reactive ketones (excluding diaryl/α,β-unsaturated/α-hetero) is 1. The van der Waals surface area contributed by atoms with E-state index in [0.29, 0.717) is 11.3 Å². The van der Waals surface area contributed by atoms with Crippen LogP contribution in [0.2, 0.25) is 0 Å². The van der Waals surface area contributed by atoms with E-state index < -0.39 is 11.9 Å². The maximum Gasteiger partial charge on any atom is 0.316 e. The second kappa shape index (κ2) is 6.03. The highest BCUT2D eigenvalue weighted by molar-refractivity contribution is 6.08. The summed E-state index contributed by atoms with van der Waals surface area (Å²) in [4.78, 5) is 23.3. The van der Waals surface area contributed by atoms with Crippen LogP contribution >= 0.6 is 0 Å². The molecule has 1 aromatic carbocycles. The fourth-order valence-electron chi connectivity index (χ4n) is 1.38. The molecule has 1 atom stereocenters. The molecule has 0 bridgehead atoms. The summed E-state index contributed by atoms with van der Waals surface area (Å²) in [6.45, 7) is 3.53. The van der Waals surface area contributed by atoms with Crippen LogP contribution in [0.5, 0.6) is 5.75 Å². The first-order valence-corrected chi connectivity index (χ1v) is 5.45. The molecule has 0 amide bonds. The molecule has 0 radical (unpaired) electrons. The third-order valence-electron chi connectivity index (χ3n) is 2.41. The first-order chi connectivity index (χ1) is 8.10. The minimum absolute atomic E-state index is 0.244. The van der Waals surface area contributed by atoms with Gasteiger partial charge in [0, 0.05) is 5.56 Å². The van der Waals surface area contributed by atoms with Crippen molar-refractivity contribution in [3.63, 3.8) is 0 Å². The van der Waals surface area contributed by atoms with Crippen molar-refractivity contribution in [1.82, 2.24) is 0 Å². The number of hydrogen-bond acceptors (Lipinski definition) is 4. The van der Waals surface area contributed by atoms with E-state index in [9.17, 15) is 9.59 Å². The van der Waals surface area contributed by atoms with E-state index in [4.69, 9.17) is 9.47 Å². The van der Waals surface area contributed by atoms with E-state index in [2.05, 4.69) is 0 Å². The third kappa shape index (κ3) is 3.31. The van der Waals surface area contributed by atoms with Gasteiger partial charge in [0.15, 0.2) is 5.78 Å². The summed E-state index contributed by atoms with van der Waals surface area (Å²) < 4.78 is 9.80. The maximum absolute atomic E-state index is 11.9. The van der Waals surface area contributed by atoms with Crippen LogP contribution in [-0.2, 0) is 9.53 Å². The summed E-state index contributed by atoms with van der Waals surface area (Å²) in [5.41, 5.74) is 0.478. The molecule has 4 heteroatoms. The quantitative estimate of drug-likeness (QED) is 0.446. The molecule has 0 fully saturated rings. The van der Waals surface area contributed by atoms with Gasteiger partial charge in [-0.3, -0.25) is 9.59 Å². The Labute approximate surface area is 101 Å². The molecule has 0 aliphatic heterocycles. The lowest BCUT2D eigenvalue weighted by Gasteiger charge is -2.09. The molecule has 4 nitrogen and oxygen atoms in total. The van der Waals surface area contributed by atoms with Crippen LogP contribution in [0, 0.1) is 5.92 Å². The Morgan fingerprint density at radius 2 is 1.82 bits per heavy atom. The summed E-state index contributed by atoms with van der Waals surface area (Å²) in [6, 6.07) is 6.64. The van der Waals surface area contributed by atoms with Crippen molar-refractivity contribution in [3.05, 3.63) is 29.8 Å². The third-order valence-corrected chi connectivity index (χ3v) is 2.41. The molecule has 17 heavy (non-hydrogen) atoms. The second-order valence-electron chi connectivity index (χ2n) is 3.57. The van der Waals surface area contributed by atoms with Gasteiger partial charge in [0.05, 0.1) is 13.7 Å². The average Bonchev–Trinajstić information content (AvgIpc) is 2.37. The maximum atomic E-state index is 11.9. The molecule has 0 saturated heterocycles. The average molecular weight is 236 g/mol. The minimum Gasteiger partial charge on any atom is -0.497 e. The van der Waals surface area contributed by atoms with E-state index in [1.54, 1.807) is 45.2 Å². The van der Waals surface area contributed by atoms with Crippen molar-refractivity contribution in [3.8, 4) is 5.75 Å². The highest BCUT2D eigenvalue weighted by Gasteiger charge is 2.23. The summed E-state index contributed by atoms with van der Waals surface area (Å²) in [6.07, 6.45) is 0. The SMILES string of the molecule is CCOC(=O)[C@@H](C)C(=O)c1ccc(OC)cc1. The van der Waals surface area contributed by atoms with Crippen molar-refractivity contribution < 1.29 is 19.1 Å². The molecular weight excluding hydrogens is 220 g/mol. The van der Waals surface area contributed by atoms with Crippen molar-refractivity contribution >= 4 is 11.8 Å². The number of rotatable bonds is 5. The smallest absolute Gasteiger partial charge is 0.316 e. The lowest BCUT2D eigenvalue weighted by atomic mass is 9.99. The highest BCUT2D eigenvalue weighted by Crippen LogP contribution is 2.15. The topological polar surface area (TPSA) is 52.6 Å². The number of benzene rings is 1. The number of carbonyl (C=O) groups is 2. The molecule has 0 aliphatic carbocycles. The van der Waals surface area contributed by atoms with Crippen LogP contribution in [0.3, 0.4) is 0 Å². The molecule has 0 aliphatic rings. The molecule has 1 aromatic rings. The van der Waals surface area contributed by atoms with E-state index >= 15 is 0 Å². The van der Waals surface area contributed by atoms with Gasteiger partial charge in [-0.05, 0) is 38.1 Å². The van der Waals surface area contributed by atoms with Gasteiger partial charge in [-0.15, -0.1) is 0 Å². The zero-order valence-electron chi connectivity index (χ0n) is 10.2. The van der Waals surface area contributed by atoms with Gasteiger partial charge in [0.1, 0.15) is 11.7 Å². The molecule has 0 aromatic heterocycles. The second-order valence-corrected chi connectivity index (χ2v) is 3.57. The van der Waals surface area contributed by atoms with Gasteiger partial charge in [0.25, 0.3) is 0 Å². The standard InChI is InChI=1S/C13H16O4/c1-4-17-13(15)9(2)12(14)10-5-7-11(16-3)8-6-10/h5-9H,4H2,1-3H3/t9-/m0/s1. The lowest BCUT2D eigenvalue weighted by molar-refractivity contribution is -0.145. The van der Waals surface area contributed by atoms with Gasteiger partial charge in [-0.25, -0.2) is 0 Å². The molecule has 0 heterocycles. The zero-order chi connectivity index (χ0) is 12.8. The van der Waals surface area contributed by atoms with Crippen LogP contribution in [0.1, 0.15) is 24.2 Å². The van der Waals surface area contributed by atoms with E-state index in [-0.39, 0.29) is 12.4 Å². The molecule has 0 spiro atoms. The van der Waals surface area contributed by atoms with E-state index in [1.165, 1.54) is 0 Å². The molecule has 92 valence electrons. The van der Waals surface area contributed by atoms with E-state index in [0.717, 1.165) is 0 Å². The predicted molar refractivity (Wildman–Crippen MR) is 63.1 cm³/mol. The Kier molecular flexibility index (Phi) is 4.69. The van der Waals surface area contributed by atoms with Gasteiger partial charge >= 0.3 is 5.97 Å². The minimum atomic E-state index is -0.775. The summed E-state index contributed by atoms with van der Waals surface area (Å²) >= 11 is 0. The molecule has 0 saturated carbocycles. The van der Waals surface area contributed by atoms with Crippen LogP contribution in [0.4, 0.5) is 0 Å². The number of ether oxygens (including phenoxy) is 2. The Hall–Kier alpha value is -1.84. The van der Waals surface area contributed by atoms with Crippen molar-refractivity contribution in [2.75, 3.05) is 13.7 Å². The number of carbonyl (C=O) groups excluding carboxylic acids is 2. The van der Waals surface area contributed by atoms with Gasteiger partial charge in [-0.2, -0.15) is 0 Å². The number of hydrogen-bond donors (Lipinski definition) is 0. The number of esters is 1. The van der Waals surface area contributed by atoms with Crippen LogP contribution in [0.25, 0.3) is 0 Å². The van der Waals surface area contributed by atoms with Crippen molar-refractivity contribution in [1.29, 1.82) is 0 Å². The van der Waals surface area contributed by atoms with E-state index in [1.807, 2.05) is 0 Å². The van der Waals surface area contributed by atoms with Gasteiger partial charge in [0.2, 0.25) is 0 Å². The van der Waals surface area contributed by atoms with Crippen molar-refractivity contribution in [2.45, 2.75) is 13.8 Å². The molecule has 0 N–H and O–H groups in total. The first kappa shape index (κ1) is 13.2. The van der Waals surface area contributed by atoms with Gasteiger partial charge < -0.3 is 9.47 Å². The zero-order valence-corrected chi connectivity index (χ0v) is 10.2. The molecule has 1 rings (SSSR count). The summed E-state index contributed by atoms with van der Waals surface area (Å²) in [5.74, 6) is -0.840. The van der Waals surface area contributed by atoms with Crippen LogP contribution in [-0.4, -0.2) is 25.5 Å². The predicted octanol–water partition coefficient (Wildman–Crippen LogP) is 2.08. The Morgan fingerprint density at radius 3 is 2.29 bits per heavy atom. The first-order valence-electron chi connectivity index (χ1n) is 5.45. The Morgan fingerprint density at radius 1 is 1.24 bits per heavy atom. The Bertz CT molecular complexity index is 394. The summed E-state index contributed by atoms with van der Waals surface area (Å²) in [5, 5.41) is 0. The monoisotopic (exact) mass is 236 g/mol. The fourth-order valence-corrected chi connectivity index (χ4v) is 1.38. The van der Waals surface area contributed by atoms with Crippen molar-refractivity contribution in [2.24, 2.45) is 5.92 Å². The lowest BCUT2D eigenvalue weighted by Crippen LogP contribution is -2.23. The van der Waals surface area contributed by atoms with Crippen LogP contribution < -0.4 is 4.74 Å². The molecular formula is C13H16O4. The highest BCUT2D eigenvalue weighted by atomic mass is 16.5. The number of methoxy groups -OCH3 is 1. The van der Waals surface area contributed by atoms with Gasteiger partial charge in [-0.1, -0.05) is 0 Å². The van der Waals surface area contributed by atoms with Crippen LogP contribution in [0.15, 0.2) is 24.3 Å². The largest absolute Gasteiger partial charge is 0.497 e. The normalized spacial score (nSPS) is 11.7. The summed E-state index contributed by atoms with van der Waals surface area (Å²) in [7, 11) is 1.55. The number of ketones is 1. The molecule has 0 unspecified atom stereocenters. The Balaban J connectivity index is 2.77.